The van der Waals surface area contributed by atoms with Crippen molar-refractivity contribution in [3.05, 3.63) is 10.4 Å². The van der Waals surface area contributed by atoms with Gasteiger partial charge in [0.15, 0.2) is 0 Å². The molecule has 6 heteroatoms. The molecule has 0 heterocycles. The first-order valence-electron chi connectivity index (χ1n) is 4.62. The van der Waals surface area contributed by atoms with Gasteiger partial charge in [-0.3, -0.25) is 0 Å². The first kappa shape index (κ1) is 15.2. The quantitative estimate of drug-likeness (QED) is 0.279. The zero-order valence-electron chi connectivity index (χ0n) is 8.61. The molecule has 0 saturated carbocycles. The van der Waals surface area contributed by atoms with Gasteiger partial charge in [-0.25, -0.2) is 0 Å². The van der Waals surface area contributed by atoms with E-state index in [1.165, 1.54) is 12.8 Å². The fourth-order valence-electron chi connectivity index (χ4n) is 0.758. The number of hydrogen-bond donors (Lipinski definition) is 1. The van der Waals surface area contributed by atoms with Crippen molar-refractivity contribution >= 4 is 5.97 Å². The number of carbonyl (C=O) groups excluding carboxylic acids is 1. The standard InChI is InChI=1S/C6H14N4.C2H4O2/c7-5-3-1-2-4-6-9-10-8;1-2(3)4/h1-7H2;1H3,(H,3,4). The number of rotatable bonds is 6. The minimum absolute atomic E-state index is 0.646. The molecule has 0 aliphatic rings. The summed E-state index contributed by atoms with van der Waals surface area (Å²) in [4.78, 5) is 11.6. The third-order valence-electron chi connectivity index (χ3n) is 1.32. The van der Waals surface area contributed by atoms with E-state index in [0.717, 1.165) is 26.3 Å². The topological polar surface area (TPSA) is 117 Å². The molecule has 0 spiro atoms. The first-order valence-corrected chi connectivity index (χ1v) is 4.62. The summed E-state index contributed by atoms with van der Waals surface area (Å²) in [6.07, 6.45) is 4.58. The van der Waals surface area contributed by atoms with Crippen LogP contribution in [0, 0.1) is 0 Å². The van der Waals surface area contributed by atoms with Crippen LogP contribution in [0.25, 0.3) is 10.4 Å². The highest BCUT2D eigenvalue weighted by Crippen LogP contribution is 1.97. The Morgan fingerprint density at radius 1 is 1.43 bits per heavy atom. The molecule has 0 aromatic heterocycles. The monoisotopic (exact) mass is 202 g/mol. The molecular weight excluding hydrogens is 184 g/mol. The summed E-state index contributed by atoms with van der Waals surface area (Å²) in [6, 6.07) is 0. The minimum Gasteiger partial charge on any atom is -0.550 e. The molecular formula is C8H18N4O2. The average molecular weight is 202 g/mol. The van der Waals surface area contributed by atoms with Crippen LogP contribution < -0.4 is 10.8 Å². The Labute approximate surface area is 83.7 Å². The fraction of sp³-hybridized carbons (Fsp3) is 0.875. The normalized spacial score (nSPS) is 8.14. The van der Waals surface area contributed by atoms with Gasteiger partial charge in [-0.2, -0.15) is 0 Å². The van der Waals surface area contributed by atoms with Gasteiger partial charge in [-0.15, -0.1) is 0 Å². The number of hydrogen-bond acceptors (Lipinski definition) is 3. The highest BCUT2D eigenvalue weighted by molar-refractivity contribution is 5.60. The number of carbonyl (C=O) groups is 1. The van der Waals surface area contributed by atoms with Crippen LogP contribution in [0.5, 0.6) is 0 Å². The Morgan fingerprint density at radius 2 is 1.93 bits per heavy atom. The molecule has 14 heavy (non-hydrogen) atoms. The summed E-state index contributed by atoms with van der Waals surface area (Å²) in [7, 11) is 0. The molecule has 0 fully saturated rings. The van der Waals surface area contributed by atoms with Gasteiger partial charge in [0.1, 0.15) is 0 Å². The Kier molecular flexibility index (Phi) is 15.5. The summed E-state index contributed by atoms with van der Waals surface area (Å²) < 4.78 is 0. The molecule has 0 aromatic rings. The van der Waals surface area contributed by atoms with Gasteiger partial charge in [0.2, 0.25) is 0 Å². The molecule has 0 atom stereocenters. The number of aliphatic carboxylic acids is 1. The predicted molar refractivity (Wildman–Crippen MR) is 50.9 cm³/mol. The third-order valence-corrected chi connectivity index (χ3v) is 1.32. The van der Waals surface area contributed by atoms with Crippen molar-refractivity contribution < 1.29 is 15.6 Å². The molecule has 0 radical (unpaired) electrons. The van der Waals surface area contributed by atoms with Gasteiger partial charge in [0.05, 0.1) is 6.54 Å². The molecule has 3 N–H and O–H groups in total. The Bertz CT molecular complexity index is 174. The molecule has 0 aromatic carbocycles. The van der Waals surface area contributed by atoms with Crippen LogP contribution >= 0.6 is 0 Å². The van der Waals surface area contributed by atoms with Crippen LogP contribution in [0.4, 0.5) is 0 Å². The second-order valence-corrected chi connectivity index (χ2v) is 2.71. The minimum atomic E-state index is -1.08. The van der Waals surface area contributed by atoms with Crippen LogP contribution in [-0.4, -0.2) is 19.1 Å². The highest BCUT2D eigenvalue weighted by atomic mass is 16.4. The van der Waals surface area contributed by atoms with E-state index in [-0.39, 0.29) is 0 Å². The van der Waals surface area contributed by atoms with E-state index in [1.54, 1.807) is 0 Å². The highest BCUT2D eigenvalue weighted by Gasteiger charge is 1.86. The summed E-state index contributed by atoms with van der Waals surface area (Å²) in [5.41, 5.74) is 11.7. The third kappa shape index (κ3) is 30.9. The Balaban J connectivity index is 0. The molecule has 6 nitrogen and oxygen atoms in total. The van der Waals surface area contributed by atoms with Gasteiger partial charge in [0, 0.05) is 17.4 Å². The van der Waals surface area contributed by atoms with E-state index in [9.17, 15) is 0 Å². The maximum Gasteiger partial charge on any atom is 0.0739 e. The molecule has 0 bridgehead atoms. The van der Waals surface area contributed by atoms with Crippen molar-refractivity contribution in [1.29, 1.82) is 0 Å². The number of quaternary nitrogens is 1. The van der Waals surface area contributed by atoms with Crippen molar-refractivity contribution in [3.63, 3.8) is 0 Å². The molecule has 0 aliphatic carbocycles. The zero-order valence-corrected chi connectivity index (χ0v) is 8.61. The van der Waals surface area contributed by atoms with Gasteiger partial charge in [0.25, 0.3) is 0 Å². The maximum atomic E-state index is 8.89. The van der Waals surface area contributed by atoms with Crippen LogP contribution in [0.2, 0.25) is 0 Å². The number of azide groups is 1. The molecule has 0 aliphatic heterocycles. The fourth-order valence-corrected chi connectivity index (χ4v) is 0.758. The van der Waals surface area contributed by atoms with E-state index in [4.69, 9.17) is 15.4 Å². The molecule has 0 unspecified atom stereocenters. The molecule has 0 amide bonds. The smallest absolute Gasteiger partial charge is 0.0739 e. The maximum absolute atomic E-state index is 8.89. The van der Waals surface area contributed by atoms with E-state index in [0.29, 0.717) is 6.54 Å². The van der Waals surface area contributed by atoms with Crippen LogP contribution in [0.1, 0.15) is 32.6 Å². The van der Waals surface area contributed by atoms with Crippen molar-refractivity contribution in [1.82, 2.24) is 0 Å². The van der Waals surface area contributed by atoms with Crippen molar-refractivity contribution in [3.8, 4) is 0 Å². The molecule has 82 valence electrons. The summed E-state index contributed by atoms with van der Waals surface area (Å²) >= 11 is 0. The Morgan fingerprint density at radius 3 is 2.36 bits per heavy atom. The second-order valence-electron chi connectivity index (χ2n) is 2.71. The van der Waals surface area contributed by atoms with E-state index in [1.807, 2.05) is 0 Å². The molecule has 0 rings (SSSR count). The lowest BCUT2D eigenvalue weighted by Gasteiger charge is -1.92. The van der Waals surface area contributed by atoms with Crippen LogP contribution in [0.15, 0.2) is 5.11 Å². The SMILES string of the molecule is CC(=O)[O-].[N-]=[N+]=NCCCCCC[NH3+]. The lowest BCUT2D eigenvalue weighted by atomic mass is 10.2. The van der Waals surface area contributed by atoms with Gasteiger partial charge < -0.3 is 15.6 Å². The number of nitrogens with zero attached hydrogens (tertiary/aromatic N) is 3. The van der Waals surface area contributed by atoms with Crippen LogP contribution in [0.3, 0.4) is 0 Å². The zero-order chi connectivity index (χ0) is 11.2. The average Bonchev–Trinajstić information content (AvgIpc) is 2.10. The second kappa shape index (κ2) is 14.3. The van der Waals surface area contributed by atoms with Crippen LogP contribution in [-0.2, 0) is 4.79 Å². The summed E-state index contributed by atoms with van der Waals surface area (Å²) in [6.45, 7) is 2.63. The first-order chi connectivity index (χ1) is 6.65. The Hall–Kier alpha value is -1.26. The van der Waals surface area contributed by atoms with Gasteiger partial charge >= 0.3 is 0 Å². The lowest BCUT2D eigenvalue weighted by molar-refractivity contribution is -0.368. The molecule has 0 saturated heterocycles. The number of carboxylic acids is 1. The summed E-state index contributed by atoms with van der Waals surface area (Å²) in [5, 5.41) is 12.3. The van der Waals surface area contributed by atoms with E-state index < -0.39 is 5.97 Å². The van der Waals surface area contributed by atoms with Gasteiger partial charge in [-0.05, 0) is 31.7 Å². The predicted octanol–water partition coefficient (Wildman–Crippen LogP) is -0.145. The summed E-state index contributed by atoms with van der Waals surface area (Å²) in [5.74, 6) is -1.08. The van der Waals surface area contributed by atoms with Crippen molar-refractivity contribution in [2.24, 2.45) is 5.11 Å². The van der Waals surface area contributed by atoms with Gasteiger partial charge in [-0.1, -0.05) is 11.5 Å². The lowest BCUT2D eigenvalue weighted by Crippen LogP contribution is -2.50. The van der Waals surface area contributed by atoms with E-state index >= 15 is 0 Å². The van der Waals surface area contributed by atoms with E-state index in [2.05, 4.69) is 15.8 Å². The number of unbranched alkanes of at least 4 members (excludes halogenated alkanes) is 3. The van der Waals surface area contributed by atoms with Crippen molar-refractivity contribution in [2.45, 2.75) is 32.6 Å². The largest absolute Gasteiger partial charge is 0.550 e. The van der Waals surface area contributed by atoms with Crippen molar-refractivity contribution in [2.75, 3.05) is 13.1 Å². The number of carboxylic acid groups (broad SMARTS) is 1.